The summed E-state index contributed by atoms with van der Waals surface area (Å²) in [7, 11) is 4.26. The first-order valence-electron chi connectivity index (χ1n) is 7.33. The summed E-state index contributed by atoms with van der Waals surface area (Å²) in [6, 6.07) is 10.6. The second kappa shape index (κ2) is 3.90. The number of para-hydroxylation sites is 1. The zero-order valence-electron chi connectivity index (χ0n) is 12.7. The summed E-state index contributed by atoms with van der Waals surface area (Å²) >= 11 is 1.75. The van der Waals surface area contributed by atoms with Gasteiger partial charge in [0.25, 0.3) is 5.69 Å². The summed E-state index contributed by atoms with van der Waals surface area (Å²) < 4.78 is 10.8. The molecule has 0 radical (unpaired) electrons. The topological polar surface area (TPSA) is 18.0 Å². The van der Waals surface area contributed by atoms with Gasteiger partial charge in [0.1, 0.15) is 17.6 Å². The lowest BCUT2D eigenvalue weighted by Crippen LogP contribution is -2.33. The molecule has 0 fully saturated rings. The van der Waals surface area contributed by atoms with Crippen LogP contribution >= 0.6 is 11.3 Å². The molecule has 5 rings (SSSR count). The standard InChI is InChI=1S/C18H15N2OS/c1-10-15-16-14(9-22-18(16)19(10)2)21-13-8-11-6-4-5-7-12(11)20(3)17(13)15/h4-9H,1-3H3/q+1. The fourth-order valence-corrected chi connectivity index (χ4v) is 4.57. The molecule has 0 aliphatic carbocycles. The van der Waals surface area contributed by atoms with Crippen LogP contribution in [0.5, 0.6) is 11.5 Å². The van der Waals surface area contributed by atoms with Gasteiger partial charge in [-0.2, -0.15) is 4.57 Å². The summed E-state index contributed by atoms with van der Waals surface area (Å²) in [5.74, 6) is 1.93. The molecule has 4 heteroatoms. The highest BCUT2D eigenvalue weighted by Crippen LogP contribution is 2.50. The summed E-state index contributed by atoms with van der Waals surface area (Å²) in [5.41, 5.74) is 4.99. The molecule has 0 atom stereocenters. The Morgan fingerprint density at radius 3 is 2.86 bits per heavy atom. The predicted octanol–water partition coefficient (Wildman–Crippen LogP) is 4.30. The number of thiophene rings is 1. The van der Waals surface area contributed by atoms with Gasteiger partial charge in [-0.05, 0) is 13.0 Å². The van der Waals surface area contributed by atoms with Crippen LogP contribution in [0.2, 0.25) is 0 Å². The van der Waals surface area contributed by atoms with Crippen LogP contribution in [0.3, 0.4) is 0 Å². The van der Waals surface area contributed by atoms with Crippen molar-refractivity contribution in [2.75, 3.05) is 0 Å². The number of ether oxygens (including phenoxy) is 1. The molecule has 0 saturated carbocycles. The molecule has 0 saturated heterocycles. The van der Waals surface area contributed by atoms with Crippen molar-refractivity contribution in [3.8, 4) is 22.8 Å². The van der Waals surface area contributed by atoms with Crippen LogP contribution < -0.4 is 9.30 Å². The monoisotopic (exact) mass is 307 g/mol. The average Bonchev–Trinajstić information content (AvgIpc) is 3.05. The van der Waals surface area contributed by atoms with Crippen LogP contribution in [-0.2, 0) is 14.1 Å². The molecule has 1 aromatic carbocycles. The van der Waals surface area contributed by atoms with E-state index in [1.807, 2.05) is 0 Å². The van der Waals surface area contributed by atoms with E-state index < -0.39 is 0 Å². The Kier molecular flexibility index (Phi) is 2.17. The molecular formula is C18H15N2OS+. The van der Waals surface area contributed by atoms with Gasteiger partial charge in [-0.25, -0.2) is 0 Å². The Morgan fingerprint density at radius 1 is 1.18 bits per heavy atom. The van der Waals surface area contributed by atoms with Crippen molar-refractivity contribution in [3.63, 3.8) is 0 Å². The Hall–Kier alpha value is -2.33. The highest BCUT2D eigenvalue weighted by atomic mass is 32.1. The number of aryl methyl sites for hydroxylation is 2. The van der Waals surface area contributed by atoms with Crippen molar-refractivity contribution < 1.29 is 9.30 Å². The lowest BCUT2D eigenvalue weighted by atomic mass is 10.0. The van der Waals surface area contributed by atoms with Crippen LogP contribution in [0, 0.1) is 6.92 Å². The van der Waals surface area contributed by atoms with E-state index in [2.05, 4.69) is 65.9 Å². The van der Waals surface area contributed by atoms with Gasteiger partial charge >= 0.3 is 0 Å². The minimum absolute atomic E-state index is 0.947. The minimum Gasteiger partial charge on any atom is -0.449 e. The van der Waals surface area contributed by atoms with Crippen LogP contribution in [0.1, 0.15) is 5.69 Å². The Bertz CT molecular complexity index is 1090. The average molecular weight is 307 g/mol. The van der Waals surface area contributed by atoms with E-state index in [4.69, 9.17) is 4.74 Å². The van der Waals surface area contributed by atoms with E-state index in [1.165, 1.54) is 38.1 Å². The molecular weight excluding hydrogens is 292 g/mol. The molecule has 22 heavy (non-hydrogen) atoms. The van der Waals surface area contributed by atoms with Crippen LogP contribution in [0.15, 0.2) is 35.7 Å². The maximum Gasteiger partial charge on any atom is 0.258 e. The lowest BCUT2D eigenvalue weighted by molar-refractivity contribution is -0.633. The van der Waals surface area contributed by atoms with Gasteiger partial charge in [0.2, 0.25) is 5.52 Å². The Balaban J connectivity index is 2.02. The van der Waals surface area contributed by atoms with E-state index >= 15 is 0 Å². The fourth-order valence-electron chi connectivity index (χ4n) is 3.57. The summed E-state index contributed by atoms with van der Waals surface area (Å²) in [6.45, 7) is 2.19. The first-order chi connectivity index (χ1) is 10.7. The fraction of sp³-hybridized carbons (Fsp3) is 0.167. The number of aromatic nitrogens is 2. The molecule has 108 valence electrons. The van der Waals surface area contributed by atoms with E-state index in [0.717, 1.165) is 11.5 Å². The lowest BCUT2D eigenvalue weighted by Gasteiger charge is -2.15. The molecule has 1 aliphatic heterocycles. The molecule has 4 aromatic rings. The van der Waals surface area contributed by atoms with Crippen molar-refractivity contribution >= 4 is 32.5 Å². The Morgan fingerprint density at radius 2 is 2.00 bits per heavy atom. The molecule has 0 bridgehead atoms. The smallest absolute Gasteiger partial charge is 0.258 e. The van der Waals surface area contributed by atoms with Gasteiger partial charge in [0.05, 0.1) is 16.3 Å². The summed E-state index contributed by atoms with van der Waals surface area (Å²) in [5, 5.41) is 4.57. The largest absolute Gasteiger partial charge is 0.449 e. The van der Waals surface area contributed by atoms with Gasteiger partial charge in [0.15, 0.2) is 5.75 Å². The summed E-state index contributed by atoms with van der Waals surface area (Å²) in [6.07, 6.45) is 0. The normalized spacial score (nSPS) is 12.7. The first-order valence-corrected chi connectivity index (χ1v) is 8.21. The van der Waals surface area contributed by atoms with E-state index in [9.17, 15) is 0 Å². The number of fused-ring (bicyclic) bond motifs is 3. The molecule has 0 amide bonds. The number of hydrogen-bond acceptors (Lipinski definition) is 2. The second-order valence-electron chi connectivity index (χ2n) is 5.88. The van der Waals surface area contributed by atoms with E-state index in [-0.39, 0.29) is 0 Å². The van der Waals surface area contributed by atoms with Gasteiger partial charge in [-0.3, -0.25) is 0 Å². The van der Waals surface area contributed by atoms with E-state index in [1.54, 1.807) is 11.3 Å². The van der Waals surface area contributed by atoms with E-state index in [0.29, 0.717) is 0 Å². The maximum atomic E-state index is 6.22. The van der Waals surface area contributed by atoms with Gasteiger partial charge in [-0.1, -0.05) is 12.1 Å². The second-order valence-corrected chi connectivity index (χ2v) is 6.73. The number of benzene rings is 1. The zero-order chi connectivity index (χ0) is 15.0. The third kappa shape index (κ3) is 1.29. The molecule has 0 spiro atoms. The molecule has 3 nitrogen and oxygen atoms in total. The SMILES string of the molecule is Cc1c2c3c(csc3n1C)Oc1cc3ccccc3[n+](C)c1-2. The van der Waals surface area contributed by atoms with Gasteiger partial charge in [-0.15, -0.1) is 11.3 Å². The van der Waals surface area contributed by atoms with Crippen LogP contribution in [0.4, 0.5) is 0 Å². The minimum atomic E-state index is 0.947. The van der Waals surface area contributed by atoms with Gasteiger partial charge in [0, 0.05) is 30.3 Å². The molecule has 1 aliphatic rings. The maximum absolute atomic E-state index is 6.22. The van der Waals surface area contributed by atoms with Crippen molar-refractivity contribution in [1.82, 2.24) is 4.57 Å². The highest BCUT2D eigenvalue weighted by Gasteiger charge is 2.33. The number of nitrogens with zero attached hydrogens (tertiary/aromatic N) is 2. The Labute approximate surface area is 132 Å². The van der Waals surface area contributed by atoms with Crippen LogP contribution in [-0.4, -0.2) is 4.57 Å². The quantitative estimate of drug-likeness (QED) is 0.390. The predicted molar refractivity (Wildman–Crippen MR) is 89.7 cm³/mol. The van der Waals surface area contributed by atoms with Crippen LogP contribution in [0.25, 0.3) is 32.4 Å². The number of hydrogen-bond donors (Lipinski definition) is 0. The van der Waals surface area contributed by atoms with Crippen molar-refractivity contribution in [1.29, 1.82) is 0 Å². The zero-order valence-corrected chi connectivity index (χ0v) is 13.5. The molecule has 4 heterocycles. The molecule has 3 aromatic heterocycles. The van der Waals surface area contributed by atoms with Crippen molar-refractivity contribution in [2.45, 2.75) is 6.92 Å². The molecule has 0 unspecified atom stereocenters. The first kappa shape index (κ1) is 12.2. The number of rotatable bonds is 0. The highest BCUT2D eigenvalue weighted by molar-refractivity contribution is 7.17. The summed E-state index contributed by atoms with van der Waals surface area (Å²) in [4.78, 5) is 1.28. The third-order valence-corrected chi connectivity index (χ3v) is 5.80. The van der Waals surface area contributed by atoms with Crippen molar-refractivity contribution in [3.05, 3.63) is 41.4 Å². The number of pyridine rings is 1. The van der Waals surface area contributed by atoms with Crippen molar-refractivity contribution in [2.24, 2.45) is 14.1 Å². The third-order valence-electron chi connectivity index (χ3n) is 4.77. The molecule has 0 N–H and O–H groups in total. The van der Waals surface area contributed by atoms with Gasteiger partial charge < -0.3 is 9.30 Å².